The molecule has 2 aliphatic heterocycles. The van der Waals surface area contributed by atoms with Gasteiger partial charge in [0.05, 0.1) is 17.4 Å². The van der Waals surface area contributed by atoms with Gasteiger partial charge in [0.1, 0.15) is 0 Å². The van der Waals surface area contributed by atoms with Crippen LogP contribution in [-0.2, 0) is 4.74 Å². The summed E-state index contributed by atoms with van der Waals surface area (Å²) < 4.78 is 5.78. The topological polar surface area (TPSA) is 33.6 Å². The van der Waals surface area contributed by atoms with Crippen molar-refractivity contribution in [3.8, 4) is 0 Å². The van der Waals surface area contributed by atoms with Gasteiger partial charge in [0.2, 0.25) is 0 Å². The maximum atomic E-state index is 5.78. The summed E-state index contributed by atoms with van der Waals surface area (Å²) >= 11 is 1.83. The minimum atomic E-state index is -0.00604. The number of rotatable bonds is 3. The van der Waals surface area contributed by atoms with Crippen LogP contribution in [0.5, 0.6) is 0 Å². The van der Waals surface area contributed by atoms with E-state index in [1.165, 1.54) is 12.0 Å². The Morgan fingerprint density at radius 2 is 2.26 bits per heavy atom. The second kappa shape index (κ2) is 5.55. The van der Waals surface area contributed by atoms with Crippen LogP contribution in [0.15, 0.2) is 35.3 Å². The zero-order chi connectivity index (χ0) is 13.1. The Hall–Kier alpha value is -1.00. The molecule has 3 rings (SSSR count). The van der Waals surface area contributed by atoms with E-state index in [0.29, 0.717) is 5.25 Å². The second-order valence-corrected chi connectivity index (χ2v) is 6.61. The fraction of sp³-hybridized carbons (Fsp3) is 0.533. The number of thioether (sulfide) groups is 1. The van der Waals surface area contributed by atoms with Crippen LogP contribution < -0.4 is 5.32 Å². The Balaban J connectivity index is 1.52. The van der Waals surface area contributed by atoms with Crippen molar-refractivity contribution in [1.29, 1.82) is 0 Å². The first kappa shape index (κ1) is 13.0. The molecule has 1 fully saturated rings. The summed E-state index contributed by atoms with van der Waals surface area (Å²) in [6, 6.07) is 10.6. The van der Waals surface area contributed by atoms with Gasteiger partial charge in [-0.15, -0.1) is 0 Å². The highest BCUT2D eigenvalue weighted by Crippen LogP contribution is 2.34. The lowest BCUT2D eigenvalue weighted by Crippen LogP contribution is -2.38. The molecule has 0 bridgehead atoms. The van der Waals surface area contributed by atoms with Gasteiger partial charge in [0.25, 0.3) is 0 Å². The van der Waals surface area contributed by atoms with Crippen LogP contribution >= 0.6 is 11.8 Å². The van der Waals surface area contributed by atoms with Crippen molar-refractivity contribution in [2.45, 2.75) is 30.6 Å². The number of benzene rings is 1. The van der Waals surface area contributed by atoms with Gasteiger partial charge in [-0.3, -0.25) is 4.99 Å². The van der Waals surface area contributed by atoms with E-state index in [0.717, 1.165) is 31.3 Å². The maximum Gasteiger partial charge on any atom is 0.157 e. The summed E-state index contributed by atoms with van der Waals surface area (Å²) in [5.74, 6) is 0. The zero-order valence-electron chi connectivity index (χ0n) is 11.3. The first-order valence-corrected chi connectivity index (χ1v) is 7.77. The number of nitrogens with zero attached hydrogens (tertiary/aromatic N) is 1. The molecule has 2 atom stereocenters. The first-order valence-electron chi connectivity index (χ1n) is 6.89. The Morgan fingerprint density at radius 1 is 1.42 bits per heavy atom. The molecule has 1 aromatic carbocycles. The van der Waals surface area contributed by atoms with Gasteiger partial charge in [-0.1, -0.05) is 42.1 Å². The quantitative estimate of drug-likeness (QED) is 0.921. The van der Waals surface area contributed by atoms with E-state index >= 15 is 0 Å². The van der Waals surface area contributed by atoms with Gasteiger partial charge in [0.15, 0.2) is 5.17 Å². The van der Waals surface area contributed by atoms with Crippen molar-refractivity contribution < 1.29 is 4.74 Å². The molecule has 0 saturated carbocycles. The number of hydrogen-bond acceptors (Lipinski definition) is 4. The first-order chi connectivity index (χ1) is 9.25. The largest absolute Gasteiger partial charge is 0.373 e. The minimum absolute atomic E-state index is 0.00604. The third-order valence-corrected chi connectivity index (χ3v) is 4.94. The van der Waals surface area contributed by atoms with E-state index in [-0.39, 0.29) is 5.60 Å². The molecule has 0 aliphatic carbocycles. The van der Waals surface area contributed by atoms with Gasteiger partial charge in [0, 0.05) is 13.2 Å². The molecule has 19 heavy (non-hydrogen) atoms. The molecule has 2 unspecified atom stereocenters. The third kappa shape index (κ3) is 3.12. The molecule has 2 heterocycles. The monoisotopic (exact) mass is 276 g/mol. The zero-order valence-corrected chi connectivity index (χ0v) is 12.1. The molecule has 102 valence electrons. The number of amidine groups is 1. The van der Waals surface area contributed by atoms with Crippen LogP contribution in [0.1, 0.15) is 30.6 Å². The van der Waals surface area contributed by atoms with Crippen LogP contribution in [0.3, 0.4) is 0 Å². The van der Waals surface area contributed by atoms with Crippen molar-refractivity contribution in [3.05, 3.63) is 35.9 Å². The number of hydrogen-bond donors (Lipinski definition) is 1. The number of nitrogens with one attached hydrogen (secondary N) is 1. The highest BCUT2D eigenvalue weighted by atomic mass is 32.2. The molecular formula is C15H20N2OS. The van der Waals surface area contributed by atoms with Crippen LogP contribution in [0.25, 0.3) is 0 Å². The summed E-state index contributed by atoms with van der Waals surface area (Å²) in [4.78, 5) is 4.60. The molecule has 1 saturated heterocycles. The maximum absolute atomic E-state index is 5.78. The second-order valence-electron chi connectivity index (χ2n) is 5.42. The molecular weight excluding hydrogens is 256 g/mol. The van der Waals surface area contributed by atoms with Crippen LogP contribution in [0, 0.1) is 0 Å². The summed E-state index contributed by atoms with van der Waals surface area (Å²) in [5, 5.41) is 4.97. The molecule has 0 amide bonds. The molecule has 1 N–H and O–H groups in total. The van der Waals surface area contributed by atoms with Crippen molar-refractivity contribution in [3.63, 3.8) is 0 Å². The van der Waals surface area contributed by atoms with Crippen LogP contribution in [0.2, 0.25) is 0 Å². The molecule has 0 aromatic heterocycles. The van der Waals surface area contributed by atoms with E-state index in [4.69, 9.17) is 4.74 Å². The average Bonchev–Trinajstić information content (AvgIpc) is 3.07. The minimum Gasteiger partial charge on any atom is -0.373 e. The van der Waals surface area contributed by atoms with Crippen molar-refractivity contribution in [2.75, 3.05) is 19.7 Å². The Labute approximate surface area is 118 Å². The van der Waals surface area contributed by atoms with Crippen molar-refractivity contribution in [1.82, 2.24) is 5.32 Å². The summed E-state index contributed by atoms with van der Waals surface area (Å²) in [7, 11) is 0. The highest BCUT2D eigenvalue weighted by molar-refractivity contribution is 8.14. The van der Waals surface area contributed by atoms with E-state index < -0.39 is 0 Å². The van der Waals surface area contributed by atoms with Crippen LogP contribution in [-0.4, -0.2) is 30.5 Å². The summed E-state index contributed by atoms with van der Waals surface area (Å²) in [6.07, 6.45) is 2.31. The fourth-order valence-corrected chi connectivity index (χ4v) is 3.57. The molecule has 0 radical (unpaired) electrons. The van der Waals surface area contributed by atoms with Crippen molar-refractivity contribution >= 4 is 16.9 Å². The SMILES string of the molecule is CC1(CNC2=NCC(c3ccccc3)S2)CCCO1. The van der Waals surface area contributed by atoms with E-state index in [9.17, 15) is 0 Å². The van der Waals surface area contributed by atoms with Gasteiger partial charge >= 0.3 is 0 Å². The summed E-state index contributed by atoms with van der Waals surface area (Å²) in [6.45, 7) is 4.81. The predicted octanol–water partition coefficient (Wildman–Crippen LogP) is 2.99. The molecule has 4 heteroatoms. The smallest absolute Gasteiger partial charge is 0.157 e. The predicted molar refractivity (Wildman–Crippen MR) is 80.7 cm³/mol. The van der Waals surface area contributed by atoms with E-state index in [1.54, 1.807) is 0 Å². The molecule has 1 aromatic rings. The number of aliphatic imine (C=N–C) groups is 1. The lowest BCUT2D eigenvalue weighted by molar-refractivity contribution is 0.0246. The fourth-order valence-electron chi connectivity index (χ4n) is 2.55. The lowest BCUT2D eigenvalue weighted by atomic mass is 10.0. The Morgan fingerprint density at radius 3 is 3.00 bits per heavy atom. The van der Waals surface area contributed by atoms with Gasteiger partial charge < -0.3 is 10.1 Å². The average molecular weight is 276 g/mol. The summed E-state index contributed by atoms with van der Waals surface area (Å²) in [5.41, 5.74) is 1.35. The van der Waals surface area contributed by atoms with Crippen molar-refractivity contribution in [2.24, 2.45) is 4.99 Å². The molecule has 2 aliphatic rings. The third-order valence-electron chi connectivity index (χ3n) is 3.74. The standard InChI is InChI=1S/C15H20N2OS/c1-15(8-5-9-18-15)11-17-14-16-10-13(19-14)12-6-3-2-4-7-12/h2-4,6-7,13H,5,8-11H2,1H3,(H,16,17). The van der Waals surface area contributed by atoms with Gasteiger partial charge in [-0.25, -0.2) is 0 Å². The molecule has 3 nitrogen and oxygen atoms in total. The van der Waals surface area contributed by atoms with E-state index in [1.807, 2.05) is 11.8 Å². The number of ether oxygens (including phenoxy) is 1. The van der Waals surface area contributed by atoms with Gasteiger partial charge in [-0.2, -0.15) is 0 Å². The van der Waals surface area contributed by atoms with Gasteiger partial charge in [-0.05, 0) is 25.3 Å². The normalized spacial score (nSPS) is 30.4. The van der Waals surface area contributed by atoms with E-state index in [2.05, 4.69) is 47.6 Å². The highest BCUT2D eigenvalue weighted by Gasteiger charge is 2.30. The van der Waals surface area contributed by atoms with Crippen LogP contribution in [0.4, 0.5) is 0 Å². The Bertz CT molecular complexity index is 454. The molecule has 0 spiro atoms. The Kier molecular flexibility index (Phi) is 3.80. The lowest BCUT2D eigenvalue weighted by Gasteiger charge is -2.23.